The van der Waals surface area contributed by atoms with Crippen molar-refractivity contribution in [3.8, 4) is 0 Å². The van der Waals surface area contributed by atoms with Crippen LogP contribution in [0.3, 0.4) is 0 Å². The highest BCUT2D eigenvalue weighted by atomic mass is 16.5. The van der Waals surface area contributed by atoms with Crippen LogP contribution in [0, 0.1) is 0 Å². The van der Waals surface area contributed by atoms with Gasteiger partial charge in [-0.15, -0.1) is 0 Å². The first-order chi connectivity index (χ1) is 8.33. The van der Waals surface area contributed by atoms with Crippen molar-refractivity contribution >= 4 is 16.8 Å². The molecule has 86 valence electrons. The summed E-state index contributed by atoms with van der Waals surface area (Å²) in [6.45, 7) is 0.592. The fraction of sp³-hybridized carbons (Fsp3) is 0.214. The lowest BCUT2D eigenvalue weighted by molar-refractivity contribution is 0.312. The third kappa shape index (κ3) is 1.96. The molecule has 0 saturated carbocycles. The van der Waals surface area contributed by atoms with Crippen molar-refractivity contribution in [1.29, 1.82) is 0 Å². The zero-order chi connectivity index (χ0) is 11.7. The summed E-state index contributed by atoms with van der Waals surface area (Å²) in [7, 11) is 0. The first-order valence-corrected chi connectivity index (χ1v) is 5.75. The van der Waals surface area contributed by atoms with Crippen LogP contribution in [0.2, 0.25) is 0 Å². The molecule has 0 bridgehead atoms. The number of nitrogens with zero attached hydrogens (tertiary/aromatic N) is 1. The molecule has 0 aliphatic carbocycles. The third-order valence-corrected chi connectivity index (χ3v) is 3.07. The van der Waals surface area contributed by atoms with Gasteiger partial charge in [-0.25, -0.2) is 4.99 Å². The highest BCUT2D eigenvalue weighted by Gasteiger charge is 2.17. The summed E-state index contributed by atoms with van der Waals surface area (Å²) in [5, 5.41) is 2.55. The monoisotopic (exact) mass is 226 g/mol. The molecule has 3 nitrogen and oxygen atoms in total. The van der Waals surface area contributed by atoms with E-state index in [1.54, 1.807) is 0 Å². The number of ether oxygens (including phenoxy) is 1. The second-order valence-electron chi connectivity index (χ2n) is 4.27. The quantitative estimate of drug-likeness (QED) is 0.852. The van der Waals surface area contributed by atoms with Gasteiger partial charge >= 0.3 is 0 Å². The van der Waals surface area contributed by atoms with Gasteiger partial charge in [-0.1, -0.05) is 42.5 Å². The van der Waals surface area contributed by atoms with E-state index >= 15 is 0 Å². The lowest BCUT2D eigenvalue weighted by atomic mass is 9.99. The van der Waals surface area contributed by atoms with E-state index in [4.69, 9.17) is 10.5 Å². The minimum atomic E-state index is 0.154. The molecule has 0 saturated heterocycles. The van der Waals surface area contributed by atoms with Crippen LogP contribution in [0.25, 0.3) is 10.8 Å². The molecule has 2 aromatic carbocycles. The standard InChI is InChI=1S/C14H14N2O/c15-14-16-12(9-17-14)8-11-6-3-5-10-4-1-2-7-13(10)11/h1-7,12H,8-9H2,(H2,15,16). The minimum Gasteiger partial charge on any atom is -0.463 e. The van der Waals surface area contributed by atoms with Crippen LogP contribution >= 0.6 is 0 Å². The van der Waals surface area contributed by atoms with E-state index in [0.29, 0.717) is 12.6 Å². The zero-order valence-corrected chi connectivity index (χ0v) is 9.47. The topological polar surface area (TPSA) is 47.6 Å². The van der Waals surface area contributed by atoms with Crippen LogP contribution in [0.5, 0.6) is 0 Å². The average molecular weight is 226 g/mol. The van der Waals surface area contributed by atoms with E-state index in [1.807, 2.05) is 0 Å². The lowest BCUT2D eigenvalue weighted by Gasteiger charge is -2.08. The molecule has 0 spiro atoms. The van der Waals surface area contributed by atoms with E-state index in [9.17, 15) is 0 Å². The summed E-state index contributed by atoms with van der Waals surface area (Å²) < 4.78 is 5.18. The molecule has 1 unspecified atom stereocenters. The number of nitrogens with two attached hydrogens (primary N) is 1. The van der Waals surface area contributed by atoms with Gasteiger partial charge in [0.15, 0.2) is 0 Å². The van der Waals surface area contributed by atoms with Crippen molar-refractivity contribution in [1.82, 2.24) is 0 Å². The van der Waals surface area contributed by atoms with Crippen molar-refractivity contribution in [2.24, 2.45) is 10.7 Å². The first-order valence-electron chi connectivity index (χ1n) is 5.75. The van der Waals surface area contributed by atoms with Gasteiger partial charge in [-0.3, -0.25) is 0 Å². The van der Waals surface area contributed by atoms with Crippen LogP contribution in [0.4, 0.5) is 0 Å². The molecular formula is C14H14N2O. The predicted molar refractivity (Wildman–Crippen MR) is 69.0 cm³/mol. The molecule has 3 heteroatoms. The molecule has 1 aliphatic rings. The second-order valence-corrected chi connectivity index (χ2v) is 4.27. The van der Waals surface area contributed by atoms with Crippen molar-refractivity contribution in [3.05, 3.63) is 48.0 Å². The highest BCUT2D eigenvalue weighted by molar-refractivity contribution is 5.85. The first kappa shape index (κ1) is 10.1. The molecule has 2 aromatic rings. The van der Waals surface area contributed by atoms with Crippen molar-refractivity contribution in [3.63, 3.8) is 0 Å². The molecule has 1 aliphatic heterocycles. The fourth-order valence-corrected chi connectivity index (χ4v) is 2.26. The van der Waals surface area contributed by atoms with E-state index < -0.39 is 0 Å². The zero-order valence-electron chi connectivity index (χ0n) is 9.47. The van der Waals surface area contributed by atoms with Gasteiger partial charge in [0.1, 0.15) is 6.61 Å². The Kier molecular flexibility index (Phi) is 2.44. The normalized spacial score (nSPS) is 19.1. The number of amidine groups is 1. The lowest BCUT2D eigenvalue weighted by Crippen LogP contribution is -2.11. The average Bonchev–Trinajstić information content (AvgIpc) is 2.75. The van der Waals surface area contributed by atoms with Gasteiger partial charge in [-0.05, 0) is 22.8 Å². The maximum absolute atomic E-state index is 5.52. The summed E-state index contributed by atoms with van der Waals surface area (Å²) in [5.41, 5.74) is 6.82. The Hall–Kier alpha value is -2.03. The molecule has 0 radical (unpaired) electrons. The van der Waals surface area contributed by atoms with Crippen LogP contribution < -0.4 is 5.73 Å². The summed E-state index contributed by atoms with van der Waals surface area (Å²) in [4.78, 5) is 4.26. The molecule has 2 N–H and O–H groups in total. The van der Waals surface area contributed by atoms with Gasteiger partial charge in [0.05, 0.1) is 6.04 Å². The number of fused-ring (bicyclic) bond motifs is 1. The van der Waals surface area contributed by atoms with Crippen LogP contribution in [0.1, 0.15) is 5.56 Å². The largest absolute Gasteiger partial charge is 0.463 e. The maximum atomic E-state index is 5.52. The number of aliphatic imine (C=N–C) groups is 1. The number of rotatable bonds is 2. The summed E-state index contributed by atoms with van der Waals surface area (Å²) in [5.74, 6) is 0. The number of hydrogen-bond donors (Lipinski definition) is 1. The molecule has 3 rings (SSSR count). The molecule has 0 amide bonds. The highest BCUT2D eigenvalue weighted by Crippen LogP contribution is 2.21. The molecular weight excluding hydrogens is 212 g/mol. The van der Waals surface area contributed by atoms with Crippen LogP contribution in [0.15, 0.2) is 47.5 Å². The molecule has 0 aromatic heterocycles. The Balaban J connectivity index is 1.95. The van der Waals surface area contributed by atoms with E-state index in [1.165, 1.54) is 16.3 Å². The number of hydrogen-bond acceptors (Lipinski definition) is 3. The Bertz CT molecular complexity index is 572. The van der Waals surface area contributed by atoms with E-state index in [0.717, 1.165) is 6.42 Å². The predicted octanol–water partition coefficient (Wildman–Crippen LogP) is 2.10. The van der Waals surface area contributed by atoms with Gasteiger partial charge in [0.25, 0.3) is 6.02 Å². The fourth-order valence-electron chi connectivity index (χ4n) is 2.26. The van der Waals surface area contributed by atoms with Crippen molar-refractivity contribution in [2.45, 2.75) is 12.5 Å². The van der Waals surface area contributed by atoms with Gasteiger partial charge in [-0.2, -0.15) is 0 Å². The van der Waals surface area contributed by atoms with Crippen LogP contribution in [-0.4, -0.2) is 18.7 Å². The Labute approximate surface area is 99.9 Å². The van der Waals surface area contributed by atoms with Crippen molar-refractivity contribution < 1.29 is 4.74 Å². The summed E-state index contributed by atoms with van der Waals surface area (Å²) in [6, 6.07) is 15.2. The Morgan fingerprint density at radius 3 is 2.82 bits per heavy atom. The molecule has 17 heavy (non-hydrogen) atoms. The number of benzene rings is 2. The Morgan fingerprint density at radius 1 is 1.18 bits per heavy atom. The molecule has 0 fully saturated rings. The van der Waals surface area contributed by atoms with E-state index in [-0.39, 0.29) is 6.04 Å². The second kappa shape index (κ2) is 4.09. The van der Waals surface area contributed by atoms with Crippen molar-refractivity contribution in [2.75, 3.05) is 6.61 Å². The minimum absolute atomic E-state index is 0.154. The van der Waals surface area contributed by atoms with Gasteiger partial charge in [0.2, 0.25) is 0 Å². The Morgan fingerprint density at radius 2 is 2.00 bits per heavy atom. The molecule has 1 heterocycles. The van der Waals surface area contributed by atoms with E-state index in [2.05, 4.69) is 47.5 Å². The van der Waals surface area contributed by atoms with Gasteiger partial charge < -0.3 is 10.5 Å². The summed E-state index contributed by atoms with van der Waals surface area (Å²) >= 11 is 0. The smallest absolute Gasteiger partial charge is 0.282 e. The SMILES string of the molecule is NC1=NC(Cc2cccc3ccccc23)CO1. The van der Waals surface area contributed by atoms with Gasteiger partial charge in [0, 0.05) is 0 Å². The maximum Gasteiger partial charge on any atom is 0.282 e. The van der Waals surface area contributed by atoms with Crippen LogP contribution in [-0.2, 0) is 11.2 Å². The molecule has 1 atom stereocenters. The summed E-state index contributed by atoms with van der Waals surface area (Å²) in [6.07, 6.45) is 0.877. The third-order valence-electron chi connectivity index (χ3n) is 3.07.